The highest BCUT2D eigenvalue weighted by molar-refractivity contribution is 7.89. The molecule has 150 valence electrons. The first-order valence-corrected chi connectivity index (χ1v) is 11.0. The number of carbonyl (C=O) groups is 1. The van der Waals surface area contributed by atoms with Crippen molar-refractivity contribution in [1.29, 1.82) is 0 Å². The van der Waals surface area contributed by atoms with Gasteiger partial charge in [-0.25, -0.2) is 8.42 Å². The zero-order valence-corrected chi connectivity index (χ0v) is 16.9. The molecule has 8 heteroatoms. The van der Waals surface area contributed by atoms with Gasteiger partial charge in [0.1, 0.15) is 0 Å². The maximum atomic E-state index is 12.8. The van der Waals surface area contributed by atoms with Crippen LogP contribution in [0.5, 0.6) is 0 Å². The lowest BCUT2D eigenvalue weighted by atomic mass is 10.1. The summed E-state index contributed by atoms with van der Waals surface area (Å²) in [6.45, 7) is 7.41. The lowest BCUT2D eigenvalue weighted by molar-refractivity contribution is -0.123. The van der Waals surface area contributed by atoms with Crippen molar-refractivity contribution >= 4 is 15.9 Å². The largest absolute Gasteiger partial charge is 0.376 e. The quantitative estimate of drug-likeness (QED) is 0.774. The van der Waals surface area contributed by atoms with Crippen molar-refractivity contribution in [3.63, 3.8) is 0 Å². The molecule has 0 aromatic heterocycles. The van der Waals surface area contributed by atoms with Crippen LogP contribution < -0.4 is 5.32 Å². The molecule has 0 aliphatic carbocycles. The van der Waals surface area contributed by atoms with Crippen LogP contribution in [0.2, 0.25) is 0 Å². The van der Waals surface area contributed by atoms with Gasteiger partial charge < -0.3 is 10.1 Å². The van der Waals surface area contributed by atoms with Crippen LogP contribution in [-0.2, 0) is 19.6 Å². The molecule has 1 amide bonds. The molecule has 0 bridgehead atoms. The molecule has 2 aliphatic rings. The third-order valence-electron chi connectivity index (χ3n) is 5.37. The van der Waals surface area contributed by atoms with Crippen LogP contribution in [0.4, 0.5) is 0 Å². The molecule has 1 aromatic rings. The maximum absolute atomic E-state index is 12.8. The van der Waals surface area contributed by atoms with Gasteiger partial charge in [-0.2, -0.15) is 4.31 Å². The smallest absolute Gasteiger partial charge is 0.243 e. The van der Waals surface area contributed by atoms with Gasteiger partial charge in [0.25, 0.3) is 0 Å². The van der Waals surface area contributed by atoms with Crippen LogP contribution in [0, 0.1) is 13.8 Å². The number of amides is 1. The molecule has 1 atom stereocenters. The number of rotatable bonds is 6. The molecule has 2 saturated heterocycles. The summed E-state index contributed by atoms with van der Waals surface area (Å²) in [4.78, 5) is 14.4. The van der Waals surface area contributed by atoms with E-state index in [2.05, 4.69) is 5.32 Å². The normalized spacial score (nSPS) is 22.1. The second-order valence-electron chi connectivity index (χ2n) is 7.37. The minimum Gasteiger partial charge on any atom is -0.376 e. The Morgan fingerprint density at radius 2 is 1.93 bits per heavy atom. The molecule has 0 spiro atoms. The van der Waals surface area contributed by atoms with Crippen LogP contribution in [0.25, 0.3) is 0 Å². The average molecular weight is 396 g/mol. The minimum atomic E-state index is -3.48. The molecule has 7 nitrogen and oxygen atoms in total. The van der Waals surface area contributed by atoms with Crippen LogP contribution in [-0.4, -0.2) is 75.5 Å². The van der Waals surface area contributed by atoms with Gasteiger partial charge in [-0.15, -0.1) is 0 Å². The average Bonchev–Trinajstić information content (AvgIpc) is 3.16. The Morgan fingerprint density at radius 1 is 1.19 bits per heavy atom. The minimum absolute atomic E-state index is 0.0315. The molecule has 27 heavy (non-hydrogen) atoms. The molecule has 1 N–H and O–H groups in total. The predicted molar refractivity (Wildman–Crippen MR) is 103 cm³/mol. The fraction of sp³-hybridized carbons (Fsp3) is 0.632. The van der Waals surface area contributed by atoms with Gasteiger partial charge in [0.05, 0.1) is 17.5 Å². The number of ether oxygens (including phenoxy) is 1. The SMILES string of the molecule is Cc1ccc(S(=O)(=O)N2CCN(CC(=O)NC[C@H]3CCCO3)CC2)cc1C. The van der Waals surface area contributed by atoms with Crippen LogP contribution in [0.15, 0.2) is 23.1 Å². The lowest BCUT2D eigenvalue weighted by Gasteiger charge is -2.33. The third kappa shape index (κ3) is 5.07. The number of carbonyl (C=O) groups excluding carboxylic acids is 1. The third-order valence-corrected chi connectivity index (χ3v) is 7.26. The standard InChI is InChI=1S/C19H29N3O4S/c1-15-5-6-18(12-16(15)2)27(24,25)22-9-7-21(8-10-22)14-19(23)20-13-17-4-3-11-26-17/h5-6,12,17H,3-4,7-11,13-14H2,1-2H3,(H,20,23)/t17-/m1/s1. The Kier molecular flexibility index (Phi) is 6.52. The number of hydrogen-bond acceptors (Lipinski definition) is 5. The molecule has 2 heterocycles. The van der Waals surface area contributed by atoms with Crippen LogP contribution in [0.1, 0.15) is 24.0 Å². The van der Waals surface area contributed by atoms with E-state index in [-0.39, 0.29) is 12.0 Å². The van der Waals surface area contributed by atoms with Gasteiger partial charge in [0.15, 0.2) is 0 Å². The molecule has 3 rings (SSSR count). The zero-order chi connectivity index (χ0) is 19.4. The lowest BCUT2D eigenvalue weighted by Crippen LogP contribution is -2.51. The molecule has 2 fully saturated rings. The van der Waals surface area contributed by atoms with E-state index in [4.69, 9.17) is 4.74 Å². The van der Waals surface area contributed by atoms with Crippen LogP contribution in [0.3, 0.4) is 0 Å². The van der Waals surface area contributed by atoms with E-state index in [1.165, 1.54) is 4.31 Å². The Balaban J connectivity index is 1.49. The van der Waals surface area contributed by atoms with Crippen molar-refractivity contribution in [2.45, 2.75) is 37.7 Å². The molecule has 0 radical (unpaired) electrons. The van der Waals surface area contributed by atoms with Crippen molar-refractivity contribution in [1.82, 2.24) is 14.5 Å². The molecule has 0 saturated carbocycles. The Morgan fingerprint density at radius 3 is 2.56 bits per heavy atom. The van der Waals surface area contributed by atoms with Gasteiger partial charge in [0, 0.05) is 39.3 Å². The molecule has 1 aromatic carbocycles. The van der Waals surface area contributed by atoms with E-state index in [1.807, 2.05) is 24.8 Å². The van der Waals surface area contributed by atoms with Crippen molar-refractivity contribution in [3.8, 4) is 0 Å². The summed E-state index contributed by atoms with van der Waals surface area (Å²) < 4.78 is 32.7. The Bertz CT molecular complexity index is 767. The summed E-state index contributed by atoms with van der Waals surface area (Å²) in [5, 5.41) is 2.91. The Labute approximate surface area is 161 Å². The maximum Gasteiger partial charge on any atom is 0.243 e. The van der Waals surface area contributed by atoms with E-state index in [0.29, 0.717) is 44.2 Å². The highest BCUT2D eigenvalue weighted by Gasteiger charge is 2.29. The summed E-state index contributed by atoms with van der Waals surface area (Å²) in [5.41, 5.74) is 2.05. The molecule has 2 aliphatic heterocycles. The molecular weight excluding hydrogens is 366 g/mol. The summed E-state index contributed by atoms with van der Waals surface area (Å²) >= 11 is 0. The molecule has 0 unspecified atom stereocenters. The number of sulfonamides is 1. The Hall–Kier alpha value is -1.48. The highest BCUT2D eigenvalue weighted by Crippen LogP contribution is 2.20. The summed E-state index contributed by atoms with van der Waals surface area (Å²) in [5.74, 6) is -0.0315. The monoisotopic (exact) mass is 395 g/mol. The van der Waals surface area contributed by atoms with Crippen LogP contribution >= 0.6 is 0 Å². The number of nitrogens with zero attached hydrogens (tertiary/aromatic N) is 2. The van der Waals surface area contributed by atoms with Crippen molar-refractivity contribution in [3.05, 3.63) is 29.3 Å². The first-order chi connectivity index (χ1) is 12.9. The fourth-order valence-electron chi connectivity index (χ4n) is 3.44. The number of piperazine rings is 1. The zero-order valence-electron chi connectivity index (χ0n) is 16.1. The van der Waals surface area contributed by atoms with E-state index in [1.54, 1.807) is 12.1 Å². The summed E-state index contributed by atoms with van der Waals surface area (Å²) in [6, 6.07) is 5.25. The van der Waals surface area contributed by atoms with Crippen molar-refractivity contribution in [2.75, 3.05) is 45.9 Å². The predicted octanol–water partition coefficient (Wildman–Crippen LogP) is 0.905. The number of aryl methyl sites for hydroxylation is 2. The van der Waals surface area contributed by atoms with Gasteiger partial charge in [0.2, 0.25) is 15.9 Å². The fourth-order valence-corrected chi connectivity index (χ4v) is 4.95. The second kappa shape index (κ2) is 8.68. The second-order valence-corrected chi connectivity index (χ2v) is 9.30. The van der Waals surface area contributed by atoms with Gasteiger partial charge in [-0.1, -0.05) is 6.07 Å². The van der Waals surface area contributed by atoms with E-state index in [9.17, 15) is 13.2 Å². The van der Waals surface area contributed by atoms with E-state index in [0.717, 1.165) is 30.6 Å². The van der Waals surface area contributed by atoms with Gasteiger partial charge in [-0.05, 0) is 49.9 Å². The van der Waals surface area contributed by atoms with Crippen molar-refractivity contribution < 1.29 is 17.9 Å². The first-order valence-electron chi connectivity index (χ1n) is 9.54. The first kappa shape index (κ1) is 20.3. The number of hydrogen-bond donors (Lipinski definition) is 1. The van der Waals surface area contributed by atoms with Crippen molar-refractivity contribution in [2.24, 2.45) is 0 Å². The summed E-state index contributed by atoms with van der Waals surface area (Å²) in [7, 11) is -3.48. The van der Waals surface area contributed by atoms with E-state index >= 15 is 0 Å². The number of nitrogens with one attached hydrogen (secondary N) is 1. The highest BCUT2D eigenvalue weighted by atomic mass is 32.2. The van der Waals surface area contributed by atoms with Gasteiger partial charge >= 0.3 is 0 Å². The topological polar surface area (TPSA) is 79.0 Å². The summed E-state index contributed by atoms with van der Waals surface area (Å²) in [6.07, 6.45) is 2.18. The number of benzene rings is 1. The van der Waals surface area contributed by atoms with Gasteiger partial charge in [-0.3, -0.25) is 9.69 Å². The molecular formula is C19H29N3O4S. The van der Waals surface area contributed by atoms with E-state index < -0.39 is 10.0 Å².